The summed E-state index contributed by atoms with van der Waals surface area (Å²) < 4.78 is 17.0. The Hall–Kier alpha value is -2.30. The van der Waals surface area contributed by atoms with Gasteiger partial charge in [-0.1, -0.05) is 25.5 Å². The van der Waals surface area contributed by atoms with Gasteiger partial charge < -0.3 is 14.2 Å². The van der Waals surface area contributed by atoms with E-state index in [1.54, 1.807) is 19.6 Å². The molecule has 1 aromatic rings. The third-order valence-corrected chi connectivity index (χ3v) is 11.2. The highest BCUT2D eigenvalue weighted by molar-refractivity contribution is 5.94. The van der Waals surface area contributed by atoms with Crippen molar-refractivity contribution in [2.45, 2.75) is 90.7 Å². The van der Waals surface area contributed by atoms with Crippen molar-refractivity contribution < 1.29 is 19.0 Å². The fourth-order valence-corrected chi connectivity index (χ4v) is 9.35. The molecular weight excluding hydrogens is 462 g/mol. The lowest BCUT2D eigenvalue weighted by molar-refractivity contribution is -0.148. The van der Waals surface area contributed by atoms with Crippen LogP contribution >= 0.6 is 0 Å². The number of hydrogen-bond donors (Lipinski definition) is 0. The van der Waals surface area contributed by atoms with Gasteiger partial charge in [0.2, 0.25) is 5.90 Å². The van der Waals surface area contributed by atoms with Gasteiger partial charge in [0, 0.05) is 25.3 Å². The van der Waals surface area contributed by atoms with Gasteiger partial charge in [-0.2, -0.15) is 0 Å². The van der Waals surface area contributed by atoms with Crippen molar-refractivity contribution in [1.82, 2.24) is 0 Å². The van der Waals surface area contributed by atoms with Gasteiger partial charge in [0.05, 0.1) is 19.8 Å². The van der Waals surface area contributed by atoms with Gasteiger partial charge in [-0.25, -0.2) is 4.99 Å². The van der Waals surface area contributed by atoms with Crippen LogP contribution in [-0.4, -0.2) is 37.7 Å². The topological polar surface area (TPSA) is 57.1 Å². The predicted octanol–water partition coefficient (Wildman–Crippen LogP) is 6.74. The molecular formula is C32H43NO4. The van der Waals surface area contributed by atoms with Crippen LogP contribution in [0.4, 0.5) is 0 Å². The van der Waals surface area contributed by atoms with Crippen LogP contribution in [0.5, 0.6) is 5.75 Å². The van der Waals surface area contributed by atoms with Gasteiger partial charge in [0.1, 0.15) is 11.9 Å². The van der Waals surface area contributed by atoms with Gasteiger partial charge in [-0.15, -0.1) is 0 Å². The Balaban J connectivity index is 1.21. The van der Waals surface area contributed by atoms with Gasteiger partial charge >= 0.3 is 5.97 Å². The van der Waals surface area contributed by atoms with E-state index in [0.717, 1.165) is 67.3 Å². The minimum Gasteiger partial charge on any atom is -0.497 e. The molecule has 1 heterocycles. The minimum atomic E-state index is -0.140. The molecule has 200 valence electrons. The highest BCUT2D eigenvalue weighted by atomic mass is 16.5. The maximum Gasteiger partial charge on any atom is 0.302 e. The number of hydrogen-bond acceptors (Lipinski definition) is 5. The fraction of sp³-hybridized carbons (Fsp3) is 0.688. The molecule has 3 saturated carbocycles. The first kappa shape index (κ1) is 25.0. The van der Waals surface area contributed by atoms with Crippen LogP contribution in [0.15, 0.2) is 40.9 Å². The van der Waals surface area contributed by atoms with E-state index in [9.17, 15) is 4.79 Å². The largest absolute Gasteiger partial charge is 0.497 e. The van der Waals surface area contributed by atoms with E-state index in [1.165, 1.54) is 32.1 Å². The highest BCUT2D eigenvalue weighted by Gasteiger charge is 2.60. The average molecular weight is 506 g/mol. The number of benzene rings is 1. The third-order valence-electron chi connectivity index (χ3n) is 11.2. The van der Waals surface area contributed by atoms with Crippen LogP contribution in [0.2, 0.25) is 0 Å². The van der Waals surface area contributed by atoms with Crippen molar-refractivity contribution in [2.24, 2.45) is 39.5 Å². The molecule has 8 atom stereocenters. The second-order valence-corrected chi connectivity index (χ2v) is 12.8. The van der Waals surface area contributed by atoms with Crippen LogP contribution in [0.1, 0.15) is 84.1 Å². The molecule has 6 rings (SSSR count). The molecule has 0 aromatic heterocycles. The van der Waals surface area contributed by atoms with E-state index >= 15 is 0 Å². The number of nitrogens with zero attached hydrogens (tertiary/aromatic N) is 1. The zero-order valence-corrected chi connectivity index (χ0v) is 23.0. The Morgan fingerprint density at radius 2 is 1.78 bits per heavy atom. The summed E-state index contributed by atoms with van der Waals surface area (Å²) >= 11 is 0. The first-order valence-electron chi connectivity index (χ1n) is 14.5. The van der Waals surface area contributed by atoms with Crippen molar-refractivity contribution in [3.8, 4) is 5.75 Å². The van der Waals surface area contributed by atoms with Crippen LogP contribution in [0.25, 0.3) is 0 Å². The Labute approximate surface area is 222 Å². The number of allylic oxidation sites excluding steroid dienone is 1. The molecule has 37 heavy (non-hydrogen) atoms. The average Bonchev–Trinajstić information content (AvgIpc) is 3.26. The zero-order chi connectivity index (χ0) is 25.8. The quantitative estimate of drug-likeness (QED) is 0.336. The summed E-state index contributed by atoms with van der Waals surface area (Å²) in [5.74, 6) is 4.47. The van der Waals surface area contributed by atoms with Crippen molar-refractivity contribution in [1.29, 1.82) is 0 Å². The maximum absolute atomic E-state index is 11.6. The van der Waals surface area contributed by atoms with Gasteiger partial charge in [-0.05, 0) is 104 Å². The molecule has 3 fully saturated rings. The van der Waals surface area contributed by atoms with Crippen molar-refractivity contribution in [3.05, 3.63) is 41.5 Å². The lowest BCUT2D eigenvalue weighted by Gasteiger charge is -2.58. The SMILES string of the molecule is COc1ccc(C2=N[C@H]([C@H]3CC[C@H]4[C@@H]5CC=C6C[C@@H](OC(C)=O)CC[C@]6(C)[C@H]5CC[C@]34C)CCO2)cc1. The number of fused-ring (bicyclic) bond motifs is 5. The van der Waals surface area contributed by atoms with Crippen LogP contribution in [0.3, 0.4) is 0 Å². The second kappa shape index (κ2) is 9.47. The first-order valence-corrected chi connectivity index (χ1v) is 14.5. The van der Waals surface area contributed by atoms with E-state index in [1.807, 2.05) is 12.1 Å². The van der Waals surface area contributed by atoms with Crippen molar-refractivity contribution in [3.63, 3.8) is 0 Å². The van der Waals surface area contributed by atoms with Gasteiger partial charge in [0.25, 0.3) is 0 Å². The molecule has 0 saturated heterocycles. The summed E-state index contributed by atoms with van der Waals surface area (Å²) in [5.41, 5.74) is 3.25. The summed E-state index contributed by atoms with van der Waals surface area (Å²) in [6.45, 7) is 7.42. The molecule has 0 unspecified atom stereocenters. The number of carbonyl (C=O) groups excluding carboxylic acids is 1. The van der Waals surface area contributed by atoms with Gasteiger partial charge in [-0.3, -0.25) is 4.79 Å². The van der Waals surface area contributed by atoms with E-state index in [2.05, 4.69) is 32.1 Å². The summed E-state index contributed by atoms with van der Waals surface area (Å²) in [7, 11) is 1.70. The molecule has 5 aliphatic rings. The standard InChI is InChI=1S/C32H43NO4/c1-20(34)37-24-13-16-31(2)22(19-24)7-10-25-26-11-12-28(32(26,3)17-14-27(25)31)29-15-18-36-30(33-29)21-5-8-23(35-4)9-6-21/h5-9,24-29H,10-19H2,1-4H3/t24-,25-,26-,27-,28+,29-,31-,32-/m0/s1. The minimum absolute atomic E-state index is 0.0735. The molecule has 1 aliphatic heterocycles. The lowest BCUT2D eigenvalue weighted by atomic mass is 9.47. The Bertz CT molecular complexity index is 1090. The number of rotatable bonds is 4. The third kappa shape index (κ3) is 4.21. The van der Waals surface area contributed by atoms with E-state index in [-0.39, 0.29) is 17.5 Å². The molecule has 0 bridgehead atoms. The van der Waals surface area contributed by atoms with E-state index in [4.69, 9.17) is 19.2 Å². The number of carbonyl (C=O) groups is 1. The molecule has 5 heteroatoms. The zero-order valence-electron chi connectivity index (χ0n) is 23.0. The molecule has 4 aliphatic carbocycles. The Morgan fingerprint density at radius 3 is 2.54 bits per heavy atom. The fourth-order valence-electron chi connectivity index (χ4n) is 9.35. The van der Waals surface area contributed by atoms with Crippen molar-refractivity contribution >= 4 is 11.9 Å². The van der Waals surface area contributed by atoms with Gasteiger partial charge in [0.15, 0.2) is 0 Å². The summed E-state index contributed by atoms with van der Waals surface area (Å²) in [5, 5.41) is 0. The smallest absolute Gasteiger partial charge is 0.302 e. The van der Waals surface area contributed by atoms with E-state index in [0.29, 0.717) is 17.4 Å². The monoisotopic (exact) mass is 505 g/mol. The molecule has 0 N–H and O–H groups in total. The number of aliphatic imine (C=N–C) groups is 1. The summed E-state index contributed by atoms with van der Waals surface area (Å²) in [6, 6.07) is 8.45. The summed E-state index contributed by atoms with van der Waals surface area (Å²) in [4.78, 5) is 16.8. The van der Waals surface area contributed by atoms with E-state index < -0.39 is 0 Å². The first-order chi connectivity index (χ1) is 17.8. The second-order valence-electron chi connectivity index (χ2n) is 12.8. The van der Waals surface area contributed by atoms with Crippen LogP contribution in [0, 0.1) is 34.5 Å². The van der Waals surface area contributed by atoms with Crippen molar-refractivity contribution in [2.75, 3.05) is 13.7 Å². The number of methoxy groups -OCH3 is 1. The molecule has 0 spiro atoms. The maximum atomic E-state index is 11.6. The Morgan fingerprint density at radius 1 is 1.00 bits per heavy atom. The normalized spacial score (nSPS) is 40.8. The summed E-state index contributed by atoms with van der Waals surface area (Å²) in [6.07, 6.45) is 13.2. The lowest BCUT2D eigenvalue weighted by Crippen LogP contribution is -2.51. The highest BCUT2D eigenvalue weighted by Crippen LogP contribution is 2.67. The molecule has 0 radical (unpaired) electrons. The number of ether oxygens (including phenoxy) is 3. The molecule has 5 nitrogen and oxygen atoms in total. The number of esters is 1. The Kier molecular flexibility index (Phi) is 6.40. The molecule has 1 aromatic carbocycles. The van der Waals surface area contributed by atoms with Crippen LogP contribution < -0.4 is 4.74 Å². The molecule has 0 amide bonds. The van der Waals surface area contributed by atoms with Crippen LogP contribution in [-0.2, 0) is 14.3 Å². The predicted molar refractivity (Wildman–Crippen MR) is 145 cm³/mol.